The van der Waals surface area contributed by atoms with Crippen LogP contribution in [0.3, 0.4) is 0 Å². The van der Waals surface area contributed by atoms with E-state index in [0.717, 1.165) is 18.5 Å². The van der Waals surface area contributed by atoms with E-state index in [4.69, 9.17) is 5.73 Å². The summed E-state index contributed by atoms with van der Waals surface area (Å²) in [5, 5.41) is 9.93. The van der Waals surface area contributed by atoms with Crippen molar-refractivity contribution in [3.8, 4) is 0 Å². The molecule has 0 saturated carbocycles. The Morgan fingerprint density at radius 3 is 2.71 bits per heavy atom. The van der Waals surface area contributed by atoms with E-state index < -0.39 is 6.10 Å². The van der Waals surface area contributed by atoms with Crippen LogP contribution in [0.15, 0.2) is 12.1 Å². The molecule has 5 heteroatoms. The molecule has 1 heterocycles. The van der Waals surface area contributed by atoms with Gasteiger partial charge in [-0.25, -0.2) is 4.39 Å². The Morgan fingerprint density at radius 1 is 1.48 bits per heavy atom. The fourth-order valence-corrected chi connectivity index (χ4v) is 2.94. The van der Waals surface area contributed by atoms with E-state index in [1.807, 2.05) is 0 Å². The van der Waals surface area contributed by atoms with Gasteiger partial charge in [0, 0.05) is 23.8 Å². The van der Waals surface area contributed by atoms with Crippen LogP contribution in [0.1, 0.15) is 43.9 Å². The minimum Gasteiger partial charge on any atom is -0.389 e. The van der Waals surface area contributed by atoms with E-state index in [2.05, 4.69) is 11.8 Å². The average molecular weight is 294 g/mol. The first-order chi connectivity index (χ1) is 9.81. The van der Waals surface area contributed by atoms with Gasteiger partial charge in [-0.1, -0.05) is 0 Å². The zero-order valence-electron chi connectivity index (χ0n) is 12.8. The van der Waals surface area contributed by atoms with Crippen LogP contribution in [-0.4, -0.2) is 23.6 Å². The summed E-state index contributed by atoms with van der Waals surface area (Å²) in [6.07, 6.45) is 0.858. The van der Waals surface area contributed by atoms with Crippen molar-refractivity contribution in [3.05, 3.63) is 29.1 Å². The molecule has 2 rings (SSSR count). The van der Waals surface area contributed by atoms with Gasteiger partial charge in [0.05, 0.1) is 12.0 Å². The van der Waals surface area contributed by atoms with Crippen LogP contribution < -0.4 is 10.6 Å². The highest BCUT2D eigenvalue weighted by Crippen LogP contribution is 2.34. The molecule has 1 amide bonds. The smallest absolute Gasteiger partial charge is 0.222 e. The minimum atomic E-state index is -0.767. The number of hydrogen-bond acceptors (Lipinski definition) is 3. The molecule has 0 aliphatic carbocycles. The van der Waals surface area contributed by atoms with Gasteiger partial charge >= 0.3 is 0 Å². The number of nitrogens with zero attached hydrogens (tertiary/aromatic N) is 1. The quantitative estimate of drug-likeness (QED) is 0.898. The Kier molecular flexibility index (Phi) is 4.52. The van der Waals surface area contributed by atoms with Crippen molar-refractivity contribution < 1.29 is 14.3 Å². The predicted molar refractivity (Wildman–Crippen MR) is 80.5 cm³/mol. The molecule has 1 saturated heterocycles. The van der Waals surface area contributed by atoms with Gasteiger partial charge in [-0.15, -0.1) is 0 Å². The van der Waals surface area contributed by atoms with Crippen molar-refractivity contribution >= 4 is 11.6 Å². The van der Waals surface area contributed by atoms with Crippen molar-refractivity contribution in [1.82, 2.24) is 0 Å². The number of aliphatic hydroxyl groups is 1. The Balaban J connectivity index is 2.43. The fourth-order valence-electron chi connectivity index (χ4n) is 2.94. The van der Waals surface area contributed by atoms with E-state index >= 15 is 0 Å². The third kappa shape index (κ3) is 3.18. The van der Waals surface area contributed by atoms with Crippen LogP contribution in [0.25, 0.3) is 0 Å². The number of carbonyl (C=O) groups is 1. The lowest BCUT2D eigenvalue weighted by Crippen LogP contribution is -2.46. The van der Waals surface area contributed by atoms with Gasteiger partial charge in [0.15, 0.2) is 0 Å². The van der Waals surface area contributed by atoms with Crippen LogP contribution in [0.5, 0.6) is 0 Å². The van der Waals surface area contributed by atoms with Crippen molar-refractivity contribution in [2.24, 2.45) is 11.7 Å². The number of primary amides is 1. The maximum Gasteiger partial charge on any atom is 0.222 e. The van der Waals surface area contributed by atoms with E-state index in [0.29, 0.717) is 17.7 Å². The number of rotatable bonds is 3. The fraction of sp³-hybridized carbons (Fsp3) is 0.562. The number of hydrogen-bond donors (Lipinski definition) is 2. The first-order valence-electron chi connectivity index (χ1n) is 7.35. The van der Waals surface area contributed by atoms with Crippen molar-refractivity contribution in [2.75, 3.05) is 11.4 Å². The van der Waals surface area contributed by atoms with Crippen LogP contribution in [-0.2, 0) is 4.79 Å². The van der Waals surface area contributed by atoms with Gasteiger partial charge in [-0.2, -0.15) is 0 Å². The molecular weight excluding hydrogens is 271 g/mol. The number of amides is 1. The van der Waals surface area contributed by atoms with Gasteiger partial charge < -0.3 is 15.7 Å². The second kappa shape index (κ2) is 6.02. The Morgan fingerprint density at radius 2 is 2.14 bits per heavy atom. The highest BCUT2D eigenvalue weighted by atomic mass is 19.1. The summed E-state index contributed by atoms with van der Waals surface area (Å²) < 4.78 is 13.8. The molecule has 21 heavy (non-hydrogen) atoms. The SMILES string of the molecule is Cc1cc(N2CC(C(N)=O)CCC2C)c([C@@H](C)O)cc1F. The monoisotopic (exact) mass is 294 g/mol. The largest absolute Gasteiger partial charge is 0.389 e. The van der Waals surface area contributed by atoms with Crippen LogP contribution in [0.4, 0.5) is 10.1 Å². The summed E-state index contributed by atoms with van der Waals surface area (Å²) in [6.45, 7) is 5.90. The summed E-state index contributed by atoms with van der Waals surface area (Å²) in [4.78, 5) is 13.5. The number of aliphatic hydroxyl groups excluding tert-OH is 1. The lowest BCUT2D eigenvalue weighted by Gasteiger charge is -2.40. The van der Waals surface area contributed by atoms with Crippen molar-refractivity contribution in [1.29, 1.82) is 0 Å². The molecule has 1 aromatic carbocycles. The van der Waals surface area contributed by atoms with Crippen LogP contribution >= 0.6 is 0 Å². The number of nitrogens with two attached hydrogens (primary N) is 1. The Bertz CT molecular complexity index is 545. The number of aryl methyl sites for hydroxylation is 1. The average Bonchev–Trinajstić information content (AvgIpc) is 2.41. The van der Waals surface area contributed by atoms with Gasteiger partial charge in [0.25, 0.3) is 0 Å². The Labute approximate surface area is 124 Å². The molecular formula is C16H23FN2O2. The van der Waals surface area contributed by atoms with E-state index in [-0.39, 0.29) is 23.7 Å². The van der Waals surface area contributed by atoms with Gasteiger partial charge in [-0.3, -0.25) is 4.79 Å². The summed E-state index contributed by atoms with van der Waals surface area (Å²) >= 11 is 0. The number of anilines is 1. The molecule has 0 aromatic heterocycles. The molecule has 1 fully saturated rings. The highest BCUT2D eigenvalue weighted by Gasteiger charge is 2.30. The maximum atomic E-state index is 13.8. The molecule has 0 spiro atoms. The molecule has 3 atom stereocenters. The topological polar surface area (TPSA) is 66.6 Å². The zero-order chi connectivity index (χ0) is 15.7. The molecule has 2 unspecified atom stereocenters. The van der Waals surface area contributed by atoms with E-state index in [1.165, 1.54) is 6.07 Å². The molecule has 1 aliphatic heterocycles. The predicted octanol–water partition coefficient (Wildman–Crippen LogP) is 2.28. The summed E-state index contributed by atoms with van der Waals surface area (Å²) in [5.74, 6) is -0.830. The van der Waals surface area contributed by atoms with Crippen LogP contribution in [0, 0.1) is 18.7 Å². The standard InChI is InChI=1S/C16H23FN2O2/c1-9-6-15(13(11(3)20)7-14(9)17)19-8-12(16(18)21)5-4-10(19)2/h6-7,10-12,20H,4-5,8H2,1-3H3,(H2,18,21)/t10?,11-,12?/m1/s1. The van der Waals surface area contributed by atoms with Crippen LogP contribution in [0.2, 0.25) is 0 Å². The second-order valence-corrected chi connectivity index (χ2v) is 6.01. The zero-order valence-corrected chi connectivity index (χ0v) is 12.8. The van der Waals surface area contributed by atoms with Gasteiger partial charge in [-0.05, 0) is 51.3 Å². The maximum absolute atomic E-state index is 13.8. The Hall–Kier alpha value is -1.62. The lowest BCUT2D eigenvalue weighted by atomic mass is 9.91. The second-order valence-electron chi connectivity index (χ2n) is 6.01. The first kappa shape index (κ1) is 15.8. The molecule has 116 valence electrons. The third-order valence-corrected chi connectivity index (χ3v) is 4.35. The number of halogens is 1. The lowest BCUT2D eigenvalue weighted by molar-refractivity contribution is -0.122. The molecule has 4 nitrogen and oxygen atoms in total. The third-order valence-electron chi connectivity index (χ3n) is 4.35. The van der Waals surface area contributed by atoms with Gasteiger partial charge in [0.2, 0.25) is 5.91 Å². The molecule has 0 radical (unpaired) electrons. The minimum absolute atomic E-state index is 0.201. The first-order valence-corrected chi connectivity index (χ1v) is 7.35. The van der Waals surface area contributed by atoms with Crippen molar-refractivity contribution in [2.45, 2.75) is 45.8 Å². The summed E-state index contributed by atoms with van der Waals surface area (Å²) in [6, 6.07) is 3.36. The van der Waals surface area contributed by atoms with E-state index in [1.54, 1.807) is 19.9 Å². The molecule has 1 aromatic rings. The summed E-state index contributed by atoms with van der Waals surface area (Å²) in [7, 11) is 0. The number of benzene rings is 1. The van der Waals surface area contributed by atoms with Gasteiger partial charge in [0.1, 0.15) is 5.82 Å². The molecule has 1 aliphatic rings. The molecule has 0 bridgehead atoms. The highest BCUT2D eigenvalue weighted by molar-refractivity contribution is 5.78. The number of piperidine rings is 1. The van der Waals surface area contributed by atoms with E-state index in [9.17, 15) is 14.3 Å². The number of carbonyl (C=O) groups excluding carboxylic acids is 1. The summed E-state index contributed by atoms with van der Waals surface area (Å²) in [5.41, 5.74) is 7.31. The molecule has 3 N–H and O–H groups in total. The van der Waals surface area contributed by atoms with Crippen molar-refractivity contribution in [3.63, 3.8) is 0 Å². The normalized spacial score (nSPS) is 24.0.